The Balaban J connectivity index is 1.38. The number of ether oxygens (including phenoxy) is 3. The van der Waals surface area contributed by atoms with Crippen LogP contribution in [0, 0.1) is 0 Å². The van der Waals surface area contributed by atoms with Gasteiger partial charge in [-0.25, -0.2) is 4.79 Å². The number of benzene rings is 3. The number of rotatable bonds is 28. The molecule has 0 aromatic heterocycles. The Morgan fingerprint density at radius 1 is 0.648 bits per heavy atom. The summed E-state index contributed by atoms with van der Waals surface area (Å²) in [5, 5.41) is 5.50. The Labute approximate surface area is 322 Å². The average molecular weight is 743 g/mol. The van der Waals surface area contributed by atoms with Crippen LogP contribution in [0.5, 0.6) is 5.75 Å². The topological polar surface area (TPSA) is 120 Å². The highest BCUT2D eigenvalue weighted by Crippen LogP contribution is 2.17. The number of amides is 2. The summed E-state index contributed by atoms with van der Waals surface area (Å²) in [5.74, 6) is -1.38. The van der Waals surface area contributed by atoms with Crippen molar-refractivity contribution in [1.82, 2.24) is 5.32 Å². The number of carbonyl (C=O) groups excluding carboxylic acids is 4. The average Bonchev–Trinajstić information content (AvgIpc) is 3.20. The van der Waals surface area contributed by atoms with Gasteiger partial charge in [-0.15, -0.1) is 0 Å². The lowest BCUT2D eigenvalue weighted by molar-refractivity contribution is -0.145. The third-order valence-electron chi connectivity index (χ3n) is 9.44. The second-order valence-corrected chi connectivity index (χ2v) is 13.9. The third-order valence-corrected chi connectivity index (χ3v) is 9.44. The van der Waals surface area contributed by atoms with Crippen molar-refractivity contribution in [3.8, 4) is 5.75 Å². The minimum atomic E-state index is -1.06. The minimum Gasteiger partial charge on any atom is -0.494 e. The molecule has 0 saturated heterocycles. The molecule has 0 bridgehead atoms. The van der Waals surface area contributed by atoms with E-state index in [9.17, 15) is 19.2 Å². The van der Waals surface area contributed by atoms with Crippen LogP contribution in [0.3, 0.4) is 0 Å². The van der Waals surface area contributed by atoms with Crippen molar-refractivity contribution in [3.63, 3.8) is 0 Å². The van der Waals surface area contributed by atoms with E-state index >= 15 is 0 Å². The van der Waals surface area contributed by atoms with Crippen molar-refractivity contribution in [2.75, 3.05) is 19.0 Å². The highest BCUT2D eigenvalue weighted by atomic mass is 16.5. The maximum absolute atomic E-state index is 13.4. The molecule has 3 aromatic carbocycles. The quantitative estimate of drug-likeness (QED) is 0.0561. The number of carbonyl (C=O) groups is 4. The van der Waals surface area contributed by atoms with Crippen molar-refractivity contribution in [2.45, 2.75) is 135 Å². The lowest BCUT2D eigenvalue weighted by Gasteiger charge is -2.19. The van der Waals surface area contributed by atoms with Crippen LogP contribution in [0.15, 0.2) is 78.9 Å². The van der Waals surface area contributed by atoms with Gasteiger partial charge >= 0.3 is 11.9 Å². The third kappa shape index (κ3) is 18.4. The van der Waals surface area contributed by atoms with Crippen LogP contribution in [0.25, 0.3) is 0 Å². The van der Waals surface area contributed by atoms with E-state index in [1.807, 2.05) is 30.3 Å². The van der Waals surface area contributed by atoms with E-state index in [2.05, 4.69) is 17.6 Å². The summed E-state index contributed by atoms with van der Waals surface area (Å²) in [7, 11) is 1.27. The predicted molar refractivity (Wildman–Crippen MR) is 215 cm³/mol. The van der Waals surface area contributed by atoms with E-state index in [4.69, 9.17) is 14.2 Å². The maximum Gasteiger partial charge on any atom is 0.337 e. The van der Waals surface area contributed by atoms with Crippen LogP contribution < -0.4 is 15.4 Å². The van der Waals surface area contributed by atoms with Crippen molar-refractivity contribution < 1.29 is 33.4 Å². The van der Waals surface area contributed by atoms with Gasteiger partial charge in [0.2, 0.25) is 5.91 Å². The van der Waals surface area contributed by atoms with Crippen LogP contribution in [0.4, 0.5) is 5.69 Å². The Morgan fingerprint density at radius 2 is 1.24 bits per heavy atom. The first-order valence-electron chi connectivity index (χ1n) is 20.1. The first kappa shape index (κ1) is 43.7. The molecule has 294 valence electrons. The lowest BCUT2D eigenvalue weighted by atomic mass is 10.0. The van der Waals surface area contributed by atoms with E-state index in [1.54, 1.807) is 42.5 Å². The summed E-state index contributed by atoms with van der Waals surface area (Å²) in [6.45, 7) is 2.99. The smallest absolute Gasteiger partial charge is 0.337 e. The molecule has 3 aromatic rings. The van der Waals surface area contributed by atoms with Crippen LogP contribution in [0.1, 0.15) is 149 Å². The second-order valence-electron chi connectivity index (χ2n) is 13.9. The van der Waals surface area contributed by atoms with Crippen molar-refractivity contribution in [3.05, 3.63) is 95.6 Å². The standard InChI is InChI=1S/C45H62N2O7/c1-3-4-5-6-7-8-9-10-11-12-13-14-15-16-17-21-33-53-40-29-27-37(28-30-40)43(49)47-41(31-32-42(48)54-35-36-23-19-18-20-24-36)44(50)46-39-26-22-25-38(34-39)45(51)52-2/h18-20,22-30,34,41H,3-17,21,31-33,35H2,1-2H3,(H,46,50)(H,47,49)/t41-/m1/s1. The van der Waals surface area contributed by atoms with Gasteiger partial charge in [0.1, 0.15) is 18.4 Å². The molecule has 2 amide bonds. The summed E-state index contributed by atoms with van der Waals surface area (Å²) in [4.78, 5) is 51.2. The largest absolute Gasteiger partial charge is 0.494 e. The molecule has 0 aliphatic carbocycles. The number of hydrogen-bond acceptors (Lipinski definition) is 7. The molecule has 0 heterocycles. The zero-order valence-corrected chi connectivity index (χ0v) is 32.6. The Hall–Kier alpha value is -4.66. The summed E-state index contributed by atoms with van der Waals surface area (Å²) in [5.41, 5.74) is 1.80. The number of unbranched alkanes of at least 4 members (excludes halogenated alkanes) is 15. The first-order valence-corrected chi connectivity index (χ1v) is 20.1. The van der Waals surface area contributed by atoms with Gasteiger partial charge in [0.25, 0.3) is 5.91 Å². The number of anilines is 1. The molecular weight excluding hydrogens is 681 g/mol. The number of esters is 2. The van der Waals surface area contributed by atoms with E-state index in [1.165, 1.54) is 103 Å². The number of methoxy groups -OCH3 is 1. The molecule has 3 rings (SSSR count). The molecule has 0 spiro atoms. The molecule has 0 aliphatic rings. The molecule has 9 heteroatoms. The monoisotopic (exact) mass is 742 g/mol. The van der Waals surface area contributed by atoms with Gasteiger partial charge in [-0.2, -0.15) is 0 Å². The normalized spacial score (nSPS) is 11.4. The highest BCUT2D eigenvalue weighted by Gasteiger charge is 2.24. The minimum absolute atomic E-state index is 0.00237. The molecule has 9 nitrogen and oxygen atoms in total. The van der Waals surface area contributed by atoms with Gasteiger partial charge < -0.3 is 24.8 Å². The van der Waals surface area contributed by atoms with Gasteiger partial charge in [-0.1, -0.05) is 140 Å². The zero-order valence-electron chi connectivity index (χ0n) is 32.6. The molecule has 0 aliphatic heterocycles. The van der Waals surface area contributed by atoms with E-state index < -0.39 is 29.8 Å². The molecule has 0 fully saturated rings. The van der Waals surface area contributed by atoms with Gasteiger partial charge in [-0.05, 0) is 60.9 Å². The van der Waals surface area contributed by atoms with E-state index in [0.717, 1.165) is 18.4 Å². The molecule has 1 atom stereocenters. The fraction of sp³-hybridized carbons (Fsp3) is 0.511. The Bertz CT molecular complexity index is 1510. The van der Waals surface area contributed by atoms with Crippen LogP contribution in [-0.4, -0.2) is 43.5 Å². The summed E-state index contributed by atoms with van der Waals surface area (Å²) in [6.07, 6.45) is 21.0. The predicted octanol–water partition coefficient (Wildman–Crippen LogP) is 10.4. The van der Waals surface area contributed by atoms with Crippen LogP contribution in [-0.2, 0) is 25.7 Å². The van der Waals surface area contributed by atoms with Crippen molar-refractivity contribution >= 4 is 29.4 Å². The molecule has 0 saturated carbocycles. The van der Waals surface area contributed by atoms with Crippen LogP contribution >= 0.6 is 0 Å². The summed E-state index contributed by atoms with van der Waals surface area (Å²) >= 11 is 0. The fourth-order valence-electron chi connectivity index (χ4n) is 6.20. The van der Waals surface area contributed by atoms with Gasteiger partial charge in [0.05, 0.1) is 19.3 Å². The fourth-order valence-corrected chi connectivity index (χ4v) is 6.20. The number of hydrogen-bond donors (Lipinski definition) is 2. The van der Waals surface area contributed by atoms with E-state index in [0.29, 0.717) is 23.6 Å². The maximum atomic E-state index is 13.4. The molecular formula is C45H62N2O7. The molecule has 0 unspecified atom stereocenters. The molecule has 54 heavy (non-hydrogen) atoms. The first-order chi connectivity index (χ1) is 26.4. The molecule has 0 radical (unpaired) electrons. The summed E-state index contributed by atoms with van der Waals surface area (Å²) < 4.78 is 16.1. The van der Waals surface area contributed by atoms with E-state index in [-0.39, 0.29) is 25.0 Å². The number of nitrogens with one attached hydrogen (secondary N) is 2. The second kappa shape index (κ2) is 27.0. The summed E-state index contributed by atoms with van der Waals surface area (Å²) in [6, 6.07) is 21.3. The zero-order chi connectivity index (χ0) is 38.6. The van der Waals surface area contributed by atoms with Crippen molar-refractivity contribution in [2.24, 2.45) is 0 Å². The lowest BCUT2D eigenvalue weighted by Crippen LogP contribution is -2.44. The Kier molecular flexibility index (Phi) is 21.9. The van der Waals surface area contributed by atoms with Crippen LogP contribution in [0.2, 0.25) is 0 Å². The highest BCUT2D eigenvalue weighted by molar-refractivity contribution is 6.02. The van der Waals surface area contributed by atoms with Gasteiger partial charge in [0, 0.05) is 17.7 Å². The van der Waals surface area contributed by atoms with Crippen molar-refractivity contribution in [1.29, 1.82) is 0 Å². The molecule has 2 N–H and O–H groups in total. The van der Waals surface area contributed by atoms with Gasteiger partial charge in [0.15, 0.2) is 0 Å². The Morgan fingerprint density at radius 3 is 1.83 bits per heavy atom. The van der Waals surface area contributed by atoms with Gasteiger partial charge in [-0.3, -0.25) is 14.4 Å². The SMILES string of the molecule is CCCCCCCCCCCCCCCCCCOc1ccc(C(=O)N[C@H](CCC(=O)OCc2ccccc2)C(=O)Nc2cccc(C(=O)OC)c2)cc1.